The van der Waals surface area contributed by atoms with Gasteiger partial charge in [-0.3, -0.25) is 9.97 Å². The predicted molar refractivity (Wildman–Crippen MR) is 198 cm³/mol. The molecule has 0 fully saturated rings. The van der Waals surface area contributed by atoms with Gasteiger partial charge in [-0.15, -0.1) is 11.8 Å². The fraction of sp³-hybridized carbons (Fsp3) is 0.135. The number of ether oxygens (including phenoxy) is 1. The number of hydrogen-bond donors (Lipinski definition) is 2. The smallest absolute Gasteiger partial charge is 0.129 e. The molecule has 0 bridgehead atoms. The summed E-state index contributed by atoms with van der Waals surface area (Å²) in [6.07, 6.45) is 10.4. The normalized spacial score (nSPS) is 12.5. The molecule has 6 aromatic rings. The van der Waals surface area contributed by atoms with Gasteiger partial charge in [-0.1, -0.05) is 27.5 Å². The van der Waals surface area contributed by atoms with Gasteiger partial charge in [0.25, 0.3) is 0 Å². The zero-order valence-electron chi connectivity index (χ0n) is 26.3. The summed E-state index contributed by atoms with van der Waals surface area (Å²) in [5, 5.41) is 24.4. The minimum absolute atomic E-state index is 0.312. The average molecular weight is 735 g/mol. The zero-order chi connectivity index (χ0) is 33.8. The second-order valence-electron chi connectivity index (χ2n) is 11.1. The number of hydrogen-bond acceptors (Lipinski definition) is 7. The SMILES string of the molecule is COc1ccncc1C(/C(=C(/C#N)c1c[nH]c2ccc(Br)cc12)c1cnccc1SCCN(C)C)=C(\C#N)c1c[nH]c2ccc(Cl)cc12. The summed E-state index contributed by atoms with van der Waals surface area (Å²) in [6, 6.07) is 20.1. The van der Waals surface area contributed by atoms with Crippen molar-refractivity contribution in [3.05, 3.63) is 117 Å². The first kappa shape index (κ1) is 33.1. The lowest BCUT2D eigenvalue weighted by Crippen LogP contribution is -2.14. The first-order chi connectivity index (χ1) is 23.3. The van der Waals surface area contributed by atoms with E-state index >= 15 is 0 Å². The number of aromatic nitrogens is 4. The number of methoxy groups -OCH3 is 1. The second kappa shape index (κ2) is 14.5. The number of nitrogens with zero attached hydrogens (tertiary/aromatic N) is 5. The van der Waals surface area contributed by atoms with Crippen LogP contribution in [0, 0.1) is 22.7 Å². The largest absolute Gasteiger partial charge is 0.496 e. The average Bonchev–Trinajstić information content (AvgIpc) is 3.70. The van der Waals surface area contributed by atoms with Crippen LogP contribution in [0.3, 0.4) is 0 Å². The van der Waals surface area contributed by atoms with Gasteiger partial charge in [0.15, 0.2) is 0 Å². The first-order valence-electron chi connectivity index (χ1n) is 14.9. The van der Waals surface area contributed by atoms with E-state index in [-0.39, 0.29) is 0 Å². The van der Waals surface area contributed by atoms with Crippen molar-refractivity contribution in [1.29, 1.82) is 10.5 Å². The monoisotopic (exact) mass is 733 g/mol. The lowest BCUT2D eigenvalue weighted by Gasteiger charge is -2.21. The molecule has 48 heavy (non-hydrogen) atoms. The first-order valence-corrected chi connectivity index (χ1v) is 17.0. The predicted octanol–water partition coefficient (Wildman–Crippen LogP) is 9.09. The van der Waals surface area contributed by atoms with Crippen molar-refractivity contribution in [3.8, 4) is 17.9 Å². The molecule has 0 aliphatic carbocycles. The van der Waals surface area contributed by atoms with Crippen LogP contribution < -0.4 is 4.74 Å². The highest BCUT2D eigenvalue weighted by molar-refractivity contribution is 9.10. The van der Waals surface area contributed by atoms with E-state index in [1.807, 2.05) is 56.7 Å². The molecule has 238 valence electrons. The number of rotatable bonds is 10. The summed E-state index contributed by atoms with van der Waals surface area (Å²) >= 11 is 11.8. The molecular weight excluding hydrogens is 706 g/mol. The van der Waals surface area contributed by atoms with Gasteiger partial charge < -0.3 is 19.6 Å². The summed E-state index contributed by atoms with van der Waals surface area (Å²) in [5.74, 6) is 1.29. The van der Waals surface area contributed by atoms with Crippen molar-refractivity contribution in [2.75, 3.05) is 33.5 Å². The fourth-order valence-corrected chi connectivity index (χ4v) is 7.35. The summed E-state index contributed by atoms with van der Waals surface area (Å²) < 4.78 is 6.76. The molecule has 0 atom stereocenters. The van der Waals surface area contributed by atoms with Gasteiger partial charge in [0, 0.05) is 119 Å². The molecule has 6 rings (SSSR count). The van der Waals surface area contributed by atoms with Crippen molar-refractivity contribution in [1.82, 2.24) is 24.8 Å². The molecule has 2 N–H and O–H groups in total. The Morgan fingerprint density at radius 1 is 0.854 bits per heavy atom. The zero-order valence-corrected chi connectivity index (χ0v) is 29.5. The Labute approximate surface area is 295 Å². The minimum Gasteiger partial charge on any atom is -0.496 e. The summed E-state index contributed by atoms with van der Waals surface area (Å²) in [4.78, 5) is 18.7. The van der Waals surface area contributed by atoms with Gasteiger partial charge in [-0.25, -0.2) is 0 Å². The van der Waals surface area contributed by atoms with Crippen LogP contribution in [-0.2, 0) is 0 Å². The lowest BCUT2D eigenvalue weighted by atomic mass is 9.83. The summed E-state index contributed by atoms with van der Waals surface area (Å²) in [5.41, 5.74) is 5.90. The van der Waals surface area contributed by atoms with Crippen LogP contribution >= 0.6 is 39.3 Å². The molecule has 0 spiro atoms. The van der Waals surface area contributed by atoms with Crippen molar-refractivity contribution < 1.29 is 4.74 Å². The van der Waals surface area contributed by atoms with Crippen LogP contribution in [0.15, 0.2) is 95.1 Å². The van der Waals surface area contributed by atoms with Crippen LogP contribution in [0.1, 0.15) is 22.3 Å². The maximum Gasteiger partial charge on any atom is 0.129 e. The van der Waals surface area contributed by atoms with Crippen molar-refractivity contribution in [3.63, 3.8) is 0 Å². The quantitative estimate of drug-likeness (QED) is 0.0819. The van der Waals surface area contributed by atoms with E-state index in [4.69, 9.17) is 16.3 Å². The Balaban J connectivity index is 1.81. The van der Waals surface area contributed by atoms with Gasteiger partial charge in [0.2, 0.25) is 0 Å². The van der Waals surface area contributed by atoms with E-state index in [0.29, 0.717) is 55.3 Å². The maximum absolute atomic E-state index is 11.2. The van der Waals surface area contributed by atoms with Gasteiger partial charge in [-0.05, 0) is 62.6 Å². The molecule has 0 radical (unpaired) electrons. The van der Waals surface area contributed by atoms with Gasteiger partial charge >= 0.3 is 0 Å². The number of pyridine rings is 2. The molecule has 0 amide bonds. The fourth-order valence-electron chi connectivity index (χ4n) is 5.67. The number of fused-ring (bicyclic) bond motifs is 2. The molecule has 0 aliphatic heterocycles. The molecule has 11 heteroatoms. The molecule has 2 aromatic carbocycles. The standard InChI is InChI=1S/C37H29BrClN7OS/c1-46(2)12-13-48-35-9-11-43-19-31(35)37(27(17-41)28-20-44-32-6-4-22(38)14-24(28)32)36(30-18-42-10-8-34(30)47-3)26(16-40)29-21-45-33-7-5-23(39)15-25(29)33/h4-11,14-15,18-21,44-45H,12-13H2,1-3H3/b36-26-,37-27-. The molecule has 0 saturated heterocycles. The van der Waals surface area contributed by atoms with E-state index in [1.54, 1.807) is 62.0 Å². The number of H-pyrrole nitrogens is 2. The Kier molecular flexibility index (Phi) is 10.00. The molecule has 0 unspecified atom stereocenters. The van der Waals surface area contributed by atoms with Crippen molar-refractivity contribution in [2.45, 2.75) is 4.90 Å². The number of aromatic amines is 2. The number of nitrogens with one attached hydrogen (secondary N) is 2. The highest BCUT2D eigenvalue weighted by atomic mass is 79.9. The highest BCUT2D eigenvalue weighted by Gasteiger charge is 2.29. The molecular formula is C37H29BrClN7OS. The Morgan fingerprint density at radius 2 is 1.46 bits per heavy atom. The third kappa shape index (κ3) is 6.49. The van der Waals surface area contributed by atoms with Crippen LogP contribution in [0.5, 0.6) is 5.75 Å². The van der Waals surface area contributed by atoms with Gasteiger partial charge in [0.05, 0.1) is 18.3 Å². The van der Waals surface area contributed by atoms with E-state index in [1.165, 1.54) is 0 Å². The van der Waals surface area contributed by atoms with E-state index in [9.17, 15) is 10.5 Å². The Morgan fingerprint density at radius 3 is 2.10 bits per heavy atom. The van der Waals surface area contributed by atoms with E-state index in [0.717, 1.165) is 43.5 Å². The third-order valence-electron chi connectivity index (χ3n) is 7.92. The number of nitriles is 2. The number of allylic oxidation sites excluding steroid dienone is 4. The lowest BCUT2D eigenvalue weighted by molar-refractivity contribution is 0.413. The highest BCUT2D eigenvalue weighted by Crippen LogP contribution is 2.48. The van der Waals surface area contributed by atoms with Crippen LogP contribution in [0.4, 0.5) is 0 Å². The van der Waals surface area contributed by atoms with E-state index in [2.05, 4.69) is 52.9 Å². The summed E-state index contributed by atoms with van der Waals surface area (Å²) in [6.45, 7) is 0.839. The Bertz CT molecular complexity index is 2310. The van der Waals surface area contributed by atoms with Gasteiger partial charge in [-0.2, -0.15) is 10.5 Å². The molecule has 8 nitrogen and oxygen atoms in total. The van der Waals surface area contributed by atoms with Crippen molar-refractivity contribution in [2.24, 2.45) is 0 Å². The van der Waals surface area contributed by atoms with E-state index < -0.39 is 0 Å². The van der Waals surface area contributed by atoms with Crippen LogP contribution in [0.25, 0.3) is 44.1 Å². The number of benzene rings is 2. The Hall–Kier alpha value is -4.84. The number of halogens is 2. The topological polar surface area (TPSA) is 117 Å². The van der Waals surface area contributed by atoms with Gasteiger partial charge in [0.1, 0.15) is 17.9 Å². The van der Waals surface area contributed by atoms with Crippen LogP contribution in [0.2, 0.25) is 5.02 Å². The minimum atomic E-state index is 0.312. The number of thioether (sulfide) groups is 1. The molecule has 4 aromatic heterocycles. The molecule has 4 heterocycles. The van der Waals surface area contributed by atoms with Crippen molar-refractivity contribution >= 4 is 83.4 Å². The van der Waals surface area contributed by atoms with Crippen LogP contribution in [-0.4, -0.2) is 58.3 Å². The molecule has 0 saturated carbocycles. The maximum atomic E-state index is 11.2. The third-order valence-corrected chi connectivity index (χ3v) is 9.70. The molecule has 0 aliphatic rings. The summed E-state index contributed by atoms with van der Waals surface area (Å²) in [7, 11) is 5.64. The second-order valence-corrected chi connectivity index (χ2v) is 13.6.